The Hall–Kier alpha value is -2.73. The second-order valence-corrected chi connectivity index (χ2v) is 6.23. The number of anilines is 1. The quantitative estimate of drug-likeness (QED) is 0.840. The van der Waals surface area contributed by atoms with Crippen molar-refractivity contribution in [3.05, 3.63) is 65.7 Å². The highest BCUT2D eigenvalue weighted by molar-refractivity contribution is 5.77. The summed E-state index contributed by atoms with van der Waals surface area (Å²) in [7, 11) is 0. The van der Waals surface area contributed by atoms with Crippen molar-refractivity contribution in [2.45, 2.75) is 27.3 Å². The topological polar surface area (TPSA) is 40.5 Å². The zero-order chi connectivity index (χ0) is 17.6. The predicted molar refractivity (Wildman–Crippen MR) is 97.9 cm³/mol. The third kappa shape index (κ3) is 4.63. The molecule has 2 rings (SSSR count). The SMILES string of the molecule is CCN(Cc1cccc(C#CC(C)(C)C(=O)O)c1)c1ccccc1. The van der Waals surface area contributed by atoms with Gasteiger partial charge in [-0.2, -0.15) is 0 Å². The molecule has 0 saturated heterocycles. The van der Waals surface area contributed by atoms with Crippen LogP contribution in [0.4, 0.5) is 5.69 Å². The highest BCUT2D eigenvalue weighted by Crippen LogP contribution is 2.17. The van der Waals surface area contributed by atoms with Crippen LogP contribution in [-0.4, -0.2) is 17.6 Å². The van der Waals surface area contributed by atoms with Crippen molar-refractivity contribution in [2.75, 3.05) is 11.4 Å². The standard InChI is InChI=1S/C21H23NO2/c1-4-22(19-11-6-5-7-12-19)16-18-10-8-9-17(15-18)13-14-21(2,3)20(23)24/h5-12,15H,4,16H2,1-3H3,(H,23,24). The first-order valence-electron chi connectivity index (χ1n) is 8.08. The molecule has 0 heterocycles. The first-order valence-corrected chi connectivity index (χ1v) is 8.08. The van der Waals surface area contributed by atoms with E-state index in [1.54, 1.807) is 13.8 Å². The number of carbonyl (C=O) groups is 1. The normalized spacial score (nSPS) is 10.6. The summed E-state index contributed by atoms with van der Waals surface area (Å²) in [4.78, 5) is 13.4. The molecular formula is C21H23NO2. The van der Waals surface area contributed by atoms with Gasteiger partial charge in [-0.25, -0.2) is 0 Å². The summed E-state index contributed by atoms with van der Waals surface area (Å²) in [6.07, 6.45) is 0. The lowest BCUT2D eigenvalue weighted by atomic mass is 9.94. The second-order valence-electron chi connectivity index (χ2n) is 6.23. The summed E-state index contributed by atoms with van der Waals surface area (Å²) >= 11 is 0. The van der Waals surface area contributed by atoms with Crippen LogP contribution in [-0.2, 0) is 11.3 Å². The highest BCUT2D eigenvalue weighted by Gasteiger charge is 2.23. The largest absolute Gasteiger partial charge is 0.480 e. The number of para-hydroxylation sites is 1. The Morgan fingerprint density at radius 3 is 2.46 bits per heavy atom. The molecule has 0 amide bonds. The minimum absolute atomic E-state index is 0.790. The average Bonchev–Trinajstić information content (AvgIpc) is 2.59. The third-order valence-corrected chi connectivity index (χ3v) is 3.86. The molecule has 0 aliphatic rings. The lowest BCUT2D eigenvalue weighted by molar-refractivity contribution is -0.143. The van der Waals surface area contributed by atoms with Crippen molar-refractivity contribution in [3.8, 4) is 11.8 Å². The van der Waals surface area contributed by atoms with Crippen LogP contribution in [0.15, 0.2) is 54.6 Å². The van der Waals surface area contributed by atoms with E-state index in [9.17, 15) is 4.79 Å². The van der Waals surface area contributed by atoms with Gasteiger partial charge in [0.15, 0.2) is 0 Å². The first kappa shape index (κ1) is 17.6. The van der Waals surface area contributed by atoms with Crippen LogP contribution >= 0.6 is 0 Å². The van der Waals surface area contributed by atoms with E-state index in [4.69, 9.17) is 5.11 Å². The van der Waals surface area contributed by atoms with Gasteiger partial charge in [0.1, 0.15) is 5.41 Å². The number of carboxylic acids is 1. The number of carboxylic acid groups (broad SMARTS) is 1. The summed E-state index contributed by atoms with van der Waals surface area (Å²) in [5, 5.41) is 9.14. The lowest BCUT2D eigenvalue weighted by Crippen LogP contribution is -2.22. The zero-order valence-electron chi connectivity index (χ0n) is 14.4. The number of aliphatic carboxylic acids is 1. The maximum atomic E-state index is 11.1. The summed E-state index contributed by atoms with van der Waals surface area (Å²) in [5.41, 5.74) is 2.13. The Bertz CT molecular complexity index is 754. The molecule has 0 aromatic heterocycles. The van der Waals surface area contributed by atoms with Gasteiger partial charge in [-0.3, -0.25) is 4.79 Å². The van der Waals surface area contributed by atoms with Crippen LogP contribution in [0.2, 0.25) is 0 Å². The Balaban J connectivity index is 2.19. The molecule has 0 fully saturated rings. The van der Waals surface area contributed by atoms with Crippen LogP contribution in [0.1, 0.15) is 31.9 Å². The molecule has 1 N–H and O–H groups in total. The maximum absolute atomic E-state index is 11.1. The van der Waals surface area contributed by atoms with Crippen molar-refractivity contribution in [1.82, 2.24) is 0 Å². The molecular weight excluding hydrogens is 298 g/mol. The van der Waals surface area contributed by atoms with E-state index in [0.717, 1.165) is 24.2 Å². The summed E-state index contributed by atoms with van der Waals surface area (Å²) in [6, 6.07) is 18.2. The van der Waals surface area contributed by atoms with Crippen molar-refractivity contribution in [2.24, 2.45) is 5.41 Å². The number of hydrogen-bond acceptors (Lipinski definition) is 2. The monoisotopic (exact) mass is 321 g/mol. The fourth-order valence-corrected chi connectivity index (χ4v) is 2.27. The predicted octanol–water partition coefficient (Wildman–Crippen LogP) is 4.18. The minimum Gasteiger partial charge on any atom is -0.480 e. The third-order valence-electron chi connectivity index (χ3n) is 3.86. The van der Waals surface area contributed by atoms with Gasteiger partial charge in [-0.05, 0) is 50.6 Å². The molecule has 0 unspecified atom stereocenters. The molecule has 0 aliphatic heterocycles. The van der Waals surface area contributed by atoms with E-state index in [0.29, 0.717) is 0 Å². The summed E-state index contributed by atoms with van der Waals surface area (Å²) in [6.45, 7) is 7.05. The van der Waals surface area contributed by atoms with E-state index >= 15 is 0 Å². The number of benzene rings is 2. The molecule has 3 heteroatoms. The molecule has 2 aromatic carbocycles. The molecule has 124 valence electrons. The fourth-order valence-electron chi connectivity index (χ4n) is 2.27. The second kappa shape index (κ2) is 7.70. The molecule has 2 aromatic rings. The van der Waals surface area contributed by atoms with Crippen molar-refractivity contribution >= 4 is 11.7 Å². The molecule has 0 radical (unpaired) electrons. The molecule has 24 heavy (non-hydrogen) atoms. The van der Waals surface area contributed by atoms with E-state index in [1.165, 1.54) is 5.69 Å². The van der Waals surface area contributed by atoms with Gasteiger partial charge in [-0.15, -0.1) is 0 Å². The summed E-state index contributed by atoms with van der Waals surface area (Å²) < 4.78 is 0. The van der Waals surface area contributed by atoms with Crippen LogP contribution < -0.4 is 4.90 Å². The molecule has 0 atom stereocenters. The van der Waals surface area contributed by atoms with Crippen molar-refractivity contribution in [1.29, 1.82) is 0 Å². The lowest BCUT2D eigenvalue weighted by Gasteiger charge is -2.23. The van der Waals surface area contributed by atoms with E-state index in [2.05, 4.69) is 41.9 Å². The Kier molecular flexibility index (Phi) is 5.65. The fraction of sp³-hybridized carbons (Fsp3) is 0.286. The number of nitrogens with zero attached hydrogens (tertiary/aromatic N) is 1. The van der Waals surface area contributed by atoms with Gasteiger partial charge in [0.2, 0.25) is 0 Å². The molecule has 0 saturated carbocycles. The van der Waals surface area contributed by atoms with Crippen molar-refractivity contribution < 1.29 is 9.90 Å². The van der Waals surface area contributed by atoms with Crippen LogP contribution in [0, 0.1) is 17.3 Å². The van der Waals surface area contributed by atoms with Gasteiger partial charge in [0, 0.05) is 24.3 Å². The van der Waals surface area contributed by atoms with Gasteiger partial charge in [0.05, 0.1) is 0 Å². The maximum Gasteiger partial charge on any atom is 0.321 e. The Labute approximate surface area is 143 Å². The summed E-state index contributed by atoms with van der Waals surface area (Å²) in [5.74, 6) is 4.92. The van der Waals surface area contributed by atoms with E-state index in [1.807, 2.05) is 36.4 Å². The Morgan fingerprint density at radius 1 is 1.12 bits per heavy atom. The smallest absolute Gasteiger partial charge is 0.321 e. The molecule has 0 aliphatic carbocycles. The van der Waals surface area contributed by atoms with Crippen molar-refractivity contribution in [3.63, 3.8) is 0 Å². The number of hydrogen-bond donors (Lipinski definition) is 1. The molecule has 0 bridgehead atoms. The van der Waals surface area contributed by atoms with E-state index < -0.39 is 11.4 Å². The van der Waals surface area contributed by atoms with Crippen LogP contribution in [0.3, 0.4) is 0 Å². The van der Waals surface area contributed by atoms with Gasteiger partial charge in [0.25, 0.3) is 0 Å². The first-order chi connectivity index (χ1) is 11.4. The minimum atomic E-state index is -1.05. The Morgan fingerprint density at radius 2 is 1.83 bits per heavy atom. The van der Waals surface area contributed by atoms with E-state index in [-0.39, 0.29) is 0 Å². The molecule has 0 spiro atoms. The van der Waals surface area contributed by atoms with Gasteiger partial charge < -0.3 is 10.0 Å². The van der Waals surface area contributed by atoms with Gasteiger partial charge >= 0.3 is 5.97 Å². The molecule has 3 nitrogen and oxygen atoms in total. The van der Waals surface area contributed by atoms with Crippen LogP contribution in [0.25, 0.3) is 0 Å². The van der Waals surface area contributed by atoms with Crippen LogP contribution in [0.5, 0.6) is 0 Å². The van der Waals surface area contributed by atoms with Gasteiger partial charge in [-0.1, -0.05) is 42.2 Å². The highest BCUT2D eigenvalue weighted by atomic mass is 16.4. The average molecular weight is 321 g/mol. The number of rotatable bonds is 5. The zero-order valence-corrected chi connectivity index (χ0v) is 14.4.